The molecule has 1 aromatic heterocycles. The van der Waals surface area contributed by atoms with Crippen molar-refractivity contribution in [1.82, 2.24) is 20.8 Å². The largest absolute Gasteiger partial charge is 0.357 e. The number of guanidine groups is 1. The van der Waals surface area contributed by atoms with Crippen molar-refractivity contribution in [3.05, 3.63) is 83.5 Å². The van der Waals surface area contributed by atoms with Crippen LogP contribution in [0.1, 0.15) is 42.1 Å². The predicted molar refractivity (Wildman–Crippen MR) is 111 cm³/mol. The highest BCUT2D eigenvalue weighted by Gasteiger charge is 2.13. The van der Waals surface area contributed by atoms with Crippen molar-refractivity contribution >= 4 is 5.96 Å². The highest BCUT2D eigenvalue weighted by Crippen LogP contribution is 2.27. The maximum atomic E-state index is 5.13. The van der Waals surface area contributed by atoms with Crippen LogP contribution in [0.15, 0.2) is 70.2 Å². The zero-order valence-electron chi connectivity index (χ0n) is 16.4. The predicted octanol–water partition coefficient (Wildman–Crippen LogP) is 3.66. The van der Waals surface area contributed by atoms with Gasteiger partial charge in [-0.25, -0.2) is 4.99 Å². The zero-order valence-corrected chi connectivity index (χ0v) is 16.4. The molecule has 0 bridgehead atoms. The summed E-state index contributed by atoms with van der Waals surface area (Å²) < 4.78 is 5.13. The van der Waals surface area contributed by atoms with Crippen molar-refractivity contribution in [3.8, 4) is 0 Å². The number of nitrogens with zero attached hydrogens (tertiary/aromatic N) is 3. The molecule has 0 aliphatic heterocycles. The van der Waals surface area contributed by atoms with E-state index < -0.39 is 0 Å². The van der Waals surface area contributed by atoms with Gasteiger partial charge in [0.15, 0.2) is 11.8 Å². The first-order valence-corrected chi connectivity index (χ1v) is 9.67. The Hall–Kier alpha value is -3.15. The minimum absolute atomic E-state index is 0.330. The third-order valence-corrected chi connectivity index (χ3v) is 4.42. The van der Waals surface area contributed by atoms with Gasteiger partial charge in [-0.1, -0.05) is 65.8 Å². The van der Waals surface area contributed by atoms with Crippen LogP contribution in [0.5, 0.6) is 0 Å². The van der Waals surface area contributed by atoms with E-state index in [0.29, 0.717) is 24.2 Å². The summed E-state index contributed by atoms with van der Waals surface area (Å²) >= 11 is 0. The van der Waals surface area contributed by atoms with Gasteiger partial charge >= 0.3 is 0 Å². The number of nitrogens with one attached hydrogen (secondary N) is 2. The van der Waals surface area contributed by atoms with Crippen molar-refractivity contribution in [2.75, 3.05) is 13.1 Å². The Balaban J connectivity index is 1.64. The molecule has 28 heavy (non-hydrogen) atoms. The van der Waals surface area contributed by atoms with Crippen LogP contribution in [0, 0.1) is 6.92 Å². The summed E-state index contributed by atoms with van der Waals surface area (Å²) in [5, 5.41) is 10.5. The summed E-state index contributed by atoms with van der Waals surface area (Å²) in [6.45, 7) is 5.79. The molecule has 146 valence electrons. The van der Waals surface area contributed by atoms with Gasteiger partial charge in [0, 0.05) is 19.0 Å². The summed E-state index contributed by atoms with van der Waals surface area (Å²) in [7, 11) is 0. The number of aromatic nitrogens is 2. The van der Waals surface area contributed by atoms with Crippen LogP contribution in [-0.2, 0) is 6.54 Å². The molecule has 1 heterocycles. The Bertz CT molecular complexity index is 821. The summed E-state index contributed by atoms with van der Waals surface area (Å²) in [6, 6.07) is 21.2. The van der Waals surface area contributed by atoms with E-state index in [0.717, 1.165) is 25.5 Å². The van der Waals surface area contributed by atoms with Crippen molar-refractivity contribution in [3.63, 3.8) is 0 Å². The van der Waals surface area contributed by atoms with E-state index in [-0.39, 0.29) is 0 Å². The summed E-state index contributed by atoms with van der Waals surface area (Å²) in [5.74, 6) is 2.22. The molecule has 0 aliphatic carbocycles. The molecule has 2 aromatic carbocycles. The Labute approximate surface area is 166 Å². The normalized spacial score (nSPS) is 11.6. The van der Waals surface area contributed by atoms with Gasteiger partial charge in [0.2, 0.25) is 5.89 Å². The first-order chi connectivity index (χ1) is 13.8. The molecule has 0 spiro atoms. The smallest absolute Gasteiger partial charge is 0.248 e. The van der Waals surface area contributed by atoms with Crippen LogP contribution < -0.4 is 10.6 Å². The Kier molecular flexibility index (Phi) is 7.18. The van der Waals surface area contributed by atoms with Crippen LogP contribution in [0.3, 0.4) is 0 Å². The molecule has 6 heteroatoms. The molecule has 0 atom stereocenters. The molecule has 0 saturated heterocycles. The monoisotopic (exact) mass is 377 g/mol. The fraction of sp³-hybridized carbons (Fsp3) is 0.318. The Morgan fingerprint density at radius 3 is 2.18 bits per heavy atom. The van der Waals surface area contributed by atoms with Gasteiger partial charge in [-0.3, -0.25) is 0 Å². The lowest BCUT2D eigenvalue weighted by atomic mass is 9.88. The van der Waals surface area contributed by atoms with E-state index in [2.05, 4.69) is 86.4 Å². The molecule has 2 N–H and O–H groups in total. The minimum Gasteiger partial charge on any atom is -0.357 e. The van der Waals surface area contributed by atoms with Gasteiger partial charge in [-0.15, -0.1) is 0 Å². The molecule has 0 fully saturated rings. The van der Waals surface area contributed by atoms with Crippen LogP contribution in [0.25, 0.3) is 0 Å². The summed E-state index contributed by atoms with van der Waals surface area (Å²) in [6.07, 6.45) is 0.956. The number of aliphatic imine (C=N–C) groups is 1. The quantitative estimate of drug-likeness (QED) is 0.463. The van der Waals surface area contributed by atoms with Gasteiger partial charge < -0.3 is 15.2 Å². The van der Waals surface area contributed by atoms with E-state index in [9.17, 15) is 0 Å². The first kappa shape index (κ1) is 19.6. The number of rotatable bonds is 8. The topological polar surface area (TPSA) is 75.3 Å². The molecule has 3 rings (SSSR count). The average Bonchev–Trinajstić information content (AvgIpc) is 3.16. The van der Waals surface area contributed by atoms with Crippen molar-refractivity contribution in [2.24, 2.45) is 4.99 Å². The molecular formula is C22H27N5O. The zero-order chi connectivity index (χ0) is 19.6. The highest BCUT2D eigenvalue weighted by molar-refractivity contribution is 5.79. The SMILES string of the molecule is CCNC(=NCc1nc(C)no1)NCCC(c1ccccc1)c1ccccc1. The van der Waals surface area contributed by atoms with Crippen LogP contribution in [-0.4, -0.2) is 29.2 Å². The third kappa shape index (κ3) is 5.67. The lowest BCUT2D eigenvalue weighted by molar-refractivity contribution is 0.376. The summed E-state index contributed by atoms with van der Waals surface area (Å²) in [5.41, 5.74) is 2.64. The Morgan fingerprint density at radius 1 is 1.00 bits per heavy atom. The van der Waals surface area contributed by atoms with Crippen molar-refractivity contribution < 1.29 is 4.52 Å². The van der Waals surface area contributed by atoms with Gasteiger partial charge in [0.05, 0.1) is 0 Å². The van der Waals surface area contributed by atoms with Gasteiger partial charge in [0.25, 0.3) is 0 Å². The van der Waals surface area contributed by atoms with Gasteiger partial charge in [-0.05, 0) is 31.4 Å². The lowest BCUT2D eigenvalue weighted by Crippen LogP contribution is -2.38. The number of benzene rings is 2. The van der Waals surface area contributed by atoms with E-state index in [4.69, 9.17) is 4.52 Å². The Morgan fingerprint density at radius 2 is 1.64 bits per heavy atom. The fourth-order valence-corrected chi connectivity index (χ4v) is 3.12. The van der Waals surface area contributed by atoms with Crippen molar-refractivity contribution in [1.29, 1.82) is 0 Å². The molecule has 0 saturated carbocycles. The van der Waals surface area contributed by atoms with E-state index in [1.54, 1.807) is 6.92 Å². The number of hydrogen-bond donors (Lipinski definition) is 2. The van der Waals surface area contributed by atoms with Crippen LogP contribution in [0.2, 0.25) is 0 Å². The molecule has 0 aliphatic rings. The van der Waals surface area contributed by atoms with E-state index >= 15 is 0 Å². The lowest BCUT2D eigenvalue weighted by Gasteiger charge is -2.19. The standard InChI is InChI=1S/C22H27N5O/c1-3-23-22(25-16-21-26-17(2)27-28-21)24-15-14-20(18-10-6-4-7-11-18)19-12-8-5-9-13-19/h4-13,20H,3,14-16H2,1-2H3,(H2,23,24,25). The summed E-state index contributed by atoms with van der Waals surface area (Å²) in [4.78, 5) is 8.73. The second kappa shape index (κ2) is 10.3. The molecular weight excluding hydrogens is 350 g/mol. The second-order valence-corrected chi connectivity index (χ2v) is 6.52. The molecule has 0 unspecified atom stereocenters. The highest BCUT2D eigenvalue weighted by atomic mass is 16.5. The average molecular weight is 377 g/mol. The van der Waals surface area contributed by atoms with E-state index in [1.807, 2.05) is 6.92 Å². The van der Waals surface area contributed by atoms with E-state index in [1.165, 1.54) is 11.1 Å². The maximum Gasteiger partial charge on any atom is 0.248 e. The second-order valence-electron chi connectivity index (χ2n) is 6.52. The fourth-order valence-electron chi connectivity index (χ4n) is 3.12. The number of hydrogen-bond acceptors (Lipinski definition) is 4. The molecule has 3 aromatic rings. The van der Waals surface area contributed by atoms with Crippen LogP contribution >= 0.6 is 0 Å². The number of aryl methyl sites for hydroxylation is 1. The maximum absolute atomic E-state index is 5.13. The van der Waals surface area contributed by atoms with Gasteiger partial charge in [-0.2, -0.15) is 4.98 Å². The van der Waals surface area contributed by atoms with Crippen LogP contribution in [0.4, 0.5) is 0 Å². The molecule has 0 amide bonds. The first-order valence-electron chi connectivity index (χ1n) is 9.67. The minimum atomic E-state index is 0.330. The molecule has 0 radical (unpaired) electrons. The molecule has 6 nitrogen and oxygen atoms in total. The van der Waals surface area contributed by atoms with Gasteiger partial charge in [0.1, 0.15) is 6.54 Å². The third-order valence-electron chi connectivity index (χ3n) is 4.42. The van der Waals surface area contributed by atoms with Crippen molar-refractivity contribution in [2.45, 2.75) is 32.7 Å².